The van der Waals surface area contributed by atoms with Gasteiger partial charge in [-0.3, -0.25) is 10.1 Å². The van der Waals surface area contributed by atoms with E-state index in [1.165, 1.54) is 18.6 Å². The van der Waals surface area contributed by atoms with Gasteiger partial charge in [0.05, 0.1) is 16.3 Å². The number of benzene rings is 1. The number of non-ortho nitro benzene ring substituents is 1. The van der Waals surface area contributed by atoms with Gasteiger partial charge < -0.3 is 10.6 Å². The molecule has 0 saturated carbocycles. The fourth-order valence-corrected chi connectivity index (χ4v) is 2.59. The lowest BCUT2D eigenvalue weighted by atomic mass is 9.91. The van der Waals surface area contributed by atoms with Crippen LogP contribution in [0.5, 0.6) is 0 Å². The smallest absolute Gasteiger partial charge is 0.271 e. The Morgan fingerprint density at radius 1 is 1.44 bits per heavy atom. The Hall–Kier alpha value is -1.78. The molecule has 1 fully saturated rings. The number of nitro benzene ring substituents is 1. The summed E-state index contributed by atoms with van der Waals surface area (Å²) in [5.74, 6) is 0.619. The second-order valence-corrected chi connectivity index (χ2v) is 5.05. The molecule has 1 aliphatic heterocycles. The Balaban J connectivity index is 2.30. The zero-order chi connectivity index (χ0) is 13.3. The van der Waals surface area contributed by atoms with Crippen LogP contribution in [0.3, 0.4) is 0 Å². The van der Waals surface area contributed by atoms with E-state index in [9.17, 15) is 10.1 Å². The topological polar surface area (TPSA) is 72.4 Å². The Morgan fingerprint density at radius 2 is 2.17 bits per heavy atom. The molecule has 0 aromatic heterocycles. The molecule has 0 aliphatic carbocycles. The number of nitrogens with zero attached hydrogens (tertiary/aromatic N) is 2. The van der Waals surface area contributed by atoms with Crippen LogP contribution >= 0.6 is 0 Å². The van der Waals surface area contributed by atoms with Crippen LogP contribution in [0.25, 0.3) is 0 Å². The average Bonchev–Trinajstić information content (AvgIpc) is 2.33. The van der Waals surface area contributed by atoms with Crippen molar-refractivity contribution in [2.75, 3.05) is 17.2 Å². The second kappa shape index (κ2) is 4.84. The van der Waals surface area contributed by atoms with Gasteiger partial charge in [0.25, 0.3) is 5.69 Å². The SMILES string of the molecule is CC1CCCN(c2ccc([N+](=O)[O-])cc2N)C1C. The highest BCUT2D eigenvalue weighted by Gasteiger charge is 2.26. The third-order valence-electron chi connectivity index (χ3n) is 3.90. The fourth-order valence-electron chi connectivity index (χ4n) is 2.59. The van der Waals surface area contributed by atoms with Crippen LogP contribution in [0.2, 0.25) is 0 Å². The van der Waals surface area contributed by atoms with E-state index in [-0.39, 0.29) is 5.69 Å². The quantitative estimate of drug-likeness (QED) is 0.497. The lowest BCUT2D eigenvalue weighted by molar-refractivity contribution is -0.384. The Labute approximate surface area is 107 Å². The van der Waals surface area contributed by atoms with Crippen molar-refractivity contribution in [1.82, 2.24) is 0 Å². The Bertz CT molecular complexity index is 462. The average molecular weight is 249 g/mol. The van der Waals surface area contributed by atoms with E-state index in [4.69, 9.17) is 5.73 Å². The minimum absolute atomic E-state index is 0.0500. The van der Waals surface area contributed by atoms with Gasteiger partial charge in [0.15, 0.2) is 0 Å². The number of hydrogen-bond donors (Lipinski definition) is 1. The number of anilines is 2. The number of hydrogen-bond acceptors (Lipinski definition) is 4. The molecule has 1 aromatic rings. The summed E-state index contributed by atoms with van der Waals surface area (Å²) < 4.78 is 0. The number of piperidine rings is 1. The van der Waals surface area contributed by atoms with Gasteiger partial charge in [-0.1, -0.05) is 6.92 Å². The Kier molecular flexibility index (Phi) is 3.41. The second-order valence-electron chi connectivity index (χ2n) is 5.05. The molecule has 5 nitrogen and oxygen atoms in total. The van der Waals surface area contributed by atoms with Crippen molar-refractivity contribution in [2.45, 2.75) is 32.7 Å². The van der Waals surface area contributed by atoms with Gasteiger partial charge in [-0.25, -0.2) is 0 Å². The summed E-state index contributed by atoms with van der Waals surface area (Å²) in [5.41, 5.74) is 7.41. The van der Waals surface area contributed by atoms with E-state index in [0.717, 1.165) is 18.7 Å². The molecule has 1 saturated heterocycles. The summed E-state index contributed by atoms with van der Waals surface area (Å²) in [6, 6.07) is 5.16. The standard InChI is InChI=1S/C13H19N3O2/c1-9-4-3-7-15(10(9)2)13-6-5-11(16(17)18)8-12(13)14/h5-6,8-10H,3-4,7,14H2,1-2H3. The van der Waals surface area contributed by atoms with Crippen LogP contribution in [0.4, 0.5) is 17.1 Å². The lowest BCUT2D eigenvalue weighted by Gasteiger charge is -2.40. The third kappa shape index (κ3) is 2.25. The molecule has 0 radical (unpaired) electrons. The predicted molar refractivity (Wildman–Crippen MR) is 72.7 cm³/mol. The van der Waals surface area contributed by atoms with Crippen molar-refractivity contribution in [3.8, 4) is 0 Å². The molecule has 1 aliphatic rings. The zero-order valence-corrected chi connectivity index (χ0v) is 10.8. The number of rotatable bonds is 2. The molecule has 18 heavy (non-hydrogen) atoms. The molecule has 0 amide bonds. The van der Waals surface area contributed by atoms with Crippen molar-refractivity contribution in [1.29, 1.82) is 0 Å². The summed E-state index contributed by atoms with van der Waals surface area (Å²) in [6.45, 7) is 5.39. The third-order valence-corrected chi connectivity index (χ3v) is 3.90. The summed E-state index contributed by atoms with van der Waals surface area (Å²) in [7, 11) is 0. The highest BCUT2D eigenvalue weighted by Crippen LogP contribution is 2.33. The molecule has 1 aromatic carbocycles. The first-order valence-electron chi connectivity index (χ1n) is 6.31. The largest absolute Gasteiger partial charge is 0.397 e. The number of nitro groups is 1. The normalized spacial score (nSPS) is 24.0. The lowest BCUT2D eigenvalue weighted by Crippen LogP contribution is -2.42. The van der Waals surface area contributed by atoms with Gasteiger partial charge in [-0.15, -0.1) is 0 Å². The fraction of sp³-hybridized carbons (Fsp3) is 0.538. The first-order valence-corrected chi connectivity index (χ1v) is 6.31. The van der Waals surface area contributed by atoms with Crippen LogP contribution in [0, 0.1) is 16.0 Å². The number of nitrogen functional groups attached to an aromatic ring is 1. The van der Waals surface area contributed by atoms with Crippen LogP contribution in [0.1, 0.15) is 26.7 Å². The van der Waals surface area contributed by atoms with Crippen molar-refractivity contribution >= 4 is 17.1 Å². The van der Waals surface area contributed by atoms with E-state index in [0.29, 0.717) is 17.6 Å². The van der Waals surface area contributed by atoms with Gasteiger partial charge in [0.1, 0.15) is 0 Å². The summed E-state index contributed by atoms with van der Waals surface area (Å²) in [6.07, 6.45) is 2.37. The predicted octanol–water partition coefficient (Wildman–Crippen LogP) is 2.80. The van der Waals surface area contributed by atoms with Gasteiger partial charge in [0, 0.05) is 24.7 Å². The highest BCUT2D eigenvalue weighted by atomic mass is 16.6. The summed E-state index contributed by atoms with van der Waals surface area (Å²) in [5, 5.41) is 10.7. The van der Waals surface area contributed by atoms with Crippen molar-refractivity contribution < 1.29 is 4.92 Å². The van der Waals surface area contributed by atoms with Gasteiger partial charge in [-0.2, -0.15) is 0 Å². The van der Waals surface area contributed by atoms with Gasteiger partial charge in [0.2, 0.25) is 0 Å². The molecule has 2 rings (SSSR count). The maximum Gasteiger partial charge on any atom is 0.271 e. The minimum Gasteiger partial charge on any atom is -0.397 e. The maximum atomic E-state index is 10.7. The maximum absolute atomic E-state index is 10.7. The first-order chi connectivity index (χ1) is 8.50. The van der Waals surface area contributed by atoms with E-state index < -0.39 is 4.92 Å². The molecule has 0 spiro atoms. The van der Waals surface area contributed by atoms with Crippen molar-refractivity contribution in [2.24, 2.45) is 5.92 Å². The zero-order valence-electron chi connectivity index (χ0n) is 10.8. The first kappa shape index (κ1) is 12.7. The summed E-state index contributed by atoms with van der Waals surface area (Å²) >= 11 is 0. The van der Waals surface area contributed by atoms with Crippen molar-refractivity contribution in [3.05, 3.63) is 28.3 Å². The molecule has 2 unspecified atom stereocenters. The molecule has 5 heteroatoms. The van der Waals surface area contributed by atoms with E-state index in [1.807, 2.05) is 0 Å². The van der Waals surface area contributed by atoms with Crippen LogP contribution in [-0.4, -0.2) is 17.5 Å². The van der Waals surface area contributed by atoms with E-state index in [2.05, 4.69) is 18.7 Å². The molecule has 98 valence electrons. The monoisotopic (exact) mass is 249 g/mol. The van der Waals surface area contributed by atoms with Gasteiger partial charge >= 0.3 is 0 Å². The van der Waals surface area contributed by atoms with Crippen LogP contribution < -0.4 is 10.6 Å². The molecular weight excluding hydrogens is 230 g/mol. The van der Waals surface area contributed by atoms with Gasteiger partial charge in [-0.05, 0) is 31.7 Å². The molecule has 1 heterocycles. The highest BCUT2D eigenvalue weighted by molar-refractivity contribution is 5.71. The molecule has 2 atom stereocenters. The molecule has 0 bridgehead atoms. The van der Waals surface area contributed by atoms with E-state index >= 15 is 0 Å². The van der Waals surface area contributed by atoms with Crippen LogP contribution in [0.15, 0.2) is 18.2 Å². The minimum atomic E-state index is -0.414. The van der Waals surface area contributed by atoms with Crippen LogP contribution in [-0.2, 0) is 0 Å². The molecular formula is C13H19N3O2. The summed E-state index contributed by atoms with van der Waals surface area (Å²) in [4.78, 5) is 12.5. The van der Waals surface area contributed by atoms with Crippen molar-refractivity contribution in [3.63, 3.8) is 0 Å². The number of nitrogens with two attached hydrogens (primary N) is 1. The molecule has 2 N–H and O–H groups in total. The van der Waals surface area contributed by atoms with E-state index in [1.54, 1.807) is 6.07 Å². The Morgan fingerprint density at radius 3 is 2.78 bits per heavy atom.